The molecule has 1 unspecified atom stereocenters. The maximum Gasteiger partial charge on any atom is 0.251 e. The first-order valence-electron chi connectivity index (χ1n) is 6.16. The SMILES string of the molecule is Cc1ccc(C(=O)NCC2(O)CCOC2)cc1C. The van der Waals surface area contributed by atoms with Crippen molar-refractivity contribution in [2.45, 2.75) is 25.9 Å². The molecule has 1 aliphatic rings. The number of aryl methyl sites for hydroxylation is 2. The van der Waals surface area contributed by atoms with Gasteiger partial charge in [0, 0.05) is 25.1 Å². The Hall–Kier alpha value is -1.39. The minimum absolute atomic E-state index is 0.154. The summed E-state index contributed by atoms with van der Waals surface area (Å²) in [6, 6.07) is 5.59. The molecule has 4 nitrogen and oxygen atoms in total. The summed E-state index contributed by atoms with van der Waals surface area (Å²) in [5.74, 6) is -0.154. The molecule has 1 fully saturated rings. The molecular formula is C14H19NO3. The summed E-state index contributed by atoms with van der Waals surface area (Å²) in [5.41, 5.74) is 1.97. The zero-order valence-corrected chi connectivity index (χ0v) is 10.8. The van der Waals surface area contributed by atoms with Crippen LogP contribution in [0.15, 0.2) is 18.2 Å². The van der Waals surface area contributed by atoms with E-state index in [4.69, 9.17) is 4.74 Å². The van der Waals surface area contributed by atoms with Crippen LogP contribution in [0.1, 0.15) is 27.9 Å². The topological polar surface area (TPSA) is 58.6 Å². The van der Waals surface area contributed by atoms with Crippen LogP contribution in [0.3, 0.4) is 0 Å². The van der Waals surface area contributed by atoms with Crippen molar-refractivity contribution >= 4 is 5.91 Å². The second kappa shape index (κ2) is 5.08. The fourth-order valence-corrected chi connectivity index (χ4v) is 1.97. The van der Waals surface area contributed by atoms with Gasteiger partial charge in [-0.15, -0.1) is 0 Å². The van der Waals surface area contributed by atoms with Gasteiger partial charge in [0.15, 0.2) is 0 Å². The molecule has 1 aromatic rings. The van der Waals surface area contributed by atoms with Crippen molar-refractivity contribution in [1.29, 1.82) is 0 Å². The normalized spacial score (nSPS) is 23.1. The Kier molecular flexibility index (Phi) is 3.68. The van der Waals surface area contributed by atoms with Crippen LogP contribution in [0, 0.1) is 13.8 Å². The molecule has 2 N–H and O–H groups in total. The number of nitrogens with one attached hydrogen (secondary N) is 1. The lowest BCUT2D eigenvalue weighted by Crippen LogP contribution is -2.43. The van der Waals surface area contributed by atoms with Crippen molar-refractivity contribution in [3.8, 4) is 0 Å². The second-order valence-corrected chi connectivity index (χ2v) is 5.01. The lowest BCUT2D eigenvalue weighted by molar-refractivity contribution is 0.0264. The van der Waals surface area contributed by atoms with E-state index in [1.165, 1.54) is 0 Å². The average molecular weight is 249 g/mol. The number of ether oxygens (including phenoxy) is 1. The van der Waals surface area contributed by atoms with Gasteiger partial charge in [0.1, 0.15) is 5.60 Å². The molecule has 4 heteroatoms. The highest BCUT2D eigenvalue weighted by Gasteiger charge is 2.32. The highest BCUT2D eigenvalue weighted by atomic mass is 16.5. The molecule has 18 heavy (non-hydrogen) atoms. The first kappa shape index (κ1) is 13.1. The third kappa shape index (κ3) is 2.89. The molecular weight excluding hydrogens is 230 g/mol. The second-order valence-electron chi connectivity index (χ2n) is 5.01. The zero-order chi connectivity index (χ0) is 13.2. The molecule has 0 spiro atoms. The smallest absolute Gasteiger partial charge is 0.251 e. The van der Waals surface area contributed by atoms with Gasteiger partial charge >= 0.3 is 0 Å². The Bertz CT molecular complexity index is 450. The summed E-state index contributed by atoms with van der Waals surface area (Å²) in [4.78, 5) is 11.9. The highest BCUT2D eigenvalue weighted by Crippen LogP contribution is 2.17. The van der Waals surface area contributed by atoms with Gasteiger partial charge in [0.2, 0.25) is 0 Å². The molecule has 0 radical (unpaired) electrons. The van der Waals surface area contributed by atoms with Crippen LogP contribution in [0.4, 0.5) is 0 Å². The maximum absolute atomic E-state index is 11.9. The van der Waals surface area contributed by atoms with E-state index >= 15 is 0 Å². The van der Waals surface area contributed by atoms with Crippen molar-refractivity contribution in [2.24, 2.45) is 0 Å². The standard InChI is InChI=1S/C14H19NO3/c1-10-3-4-12(7-11(10)2)13(16)15-8-14(17)5-6-18-9-14/h3-4,7,17H,5-6,8-9H2,1-2H3,(H,15,16). The summed E-state index contributed by atoms with van der Waals surface area (Å²) in [5, 5.41) is 12.8. The maximum atomic E-state index is 11.9. The number of benzene rings is 1. The van der Waals surface area contributed by atoms with E-state index in [-0.39, 0.29) is 12.5 Å². The van der Waals surface area contributed by atoms with Crippen LogP contribution in [-0.2, 0) is 4.74 Å². The summed E-state index contributed by atoms with van der Waals surface area (Å²) >= 11 is 0. The van der Waals surface area contributed by atoms with Crippen LogP contribution >= 0.6 is 0 Å². The molecule has 98 valence electrons. The number of hydrogen-bond donors (Lipinski definition) is 2. The molecule has 0 bridgehead atoms. The first-order valence-corrected chi connectivity index (χ1v) is 6.16. The summed E-state index contributed by atoms with van der Waals surface area (Å²) in [6.07, 6.45) is 0.570. The van der Waals surface area contributed by atoms with Crippen LogP contribution in [0.2, 0.25) is 0 Å². The van der Waals surface area contributed by atoms with Gasteiger partial charge < -0.3 is 15.2 Å². The number of amides is 1. The Morgan fingerprint density at radius 2 is 2.22 bits per heavy atom. The largest absolute Gasteiger partial charge is 0.386 e. The number of rotatable bonds is 3. The summed E-state index contributed by atoms with van der Waals surface area (Å²) < 4.78 is 5.13. The molecule has 1 amide bonds. The lowest BCUT2D eigenvalue weighted by atomic mass is 10.0. The Balaban J connectivity index is 1.97. The van der Waals surface area contributed by atoms with Crippen molar-refractivity contribution in [3.63, 3.8) is 0 Å². The van der Waals surface area contributed by atoms with Gasteiger partial charge in [0.05, 0.1) is 6.61 Å². The molecule has 1 atom stereocenters. The van der Waals surface area contributed by atoms with Crippen molar-refractivity contribution < 1.29 is 14.6 Å². The lowest BCUT2D eigenvalue weighted by Gasteiger charge is -2.20. The van der Waals surface area contributed by atoms with Crippen molar-refractivity contribution in [3.05, 3.63) is 34.9 Å². The van der Waals surface area contributed by atoms with E-state index < -0.39 is 5.60 Å². The van der Waals surface area contributed by atoms with Crippen LogP contribution in [-0.4, -0.2) is 36.4 Å². The van der Waals surface area contributed by atoms with E-state index in [1.807, 2.05) is 26.0 Å². The van der Waals surface area contributed by atoms with Gasteiger partial charge in [-0.1, -0.05) is 6.07 Å². The predicted molar refractivity (Wildman–Crippen MR) is 68.6 cm³/mol. The molecule has 1 saturated heterocycles. The third-order valence-electron chi connectivity index (χ3n) is 3.43. The van der Waals surface area contributed by atoms with Crippen LogP contribution in [0.25, 0.3) is 0 Å². The van der Waals surface area contributed by atoms with E-state index in [0.717, 1.165) is 11.1 Å². The third-order valence-corrected chi connectivity index (χ3v) is 3.43. The summed E-state index contributed by atoms with van der Waals surface area (Å²) in [7, 11) is 0. The number of hydrogen-bond acceptors (Lipinski definition) is 3. The summed E-state index contributed by atoms with van der Waals surface area (Å²) in [6.45, 7) is 5.06. The number of aliphatic hydroxyl groups is 1. The molecule has 1 heterocycles. The zero-order valence-electron chi connectivity index (χ0n) is 10.8. The van der Waals surface area contributed by atoms with Gasteiger partial charge in [-0.3, -0.25) is 4.79 Å². The Morgan fingerprint density at radius 3 is 2.83 bits per heavy atom. The monoisotopic (exact) mass is 249 g/mol. The van der Waals surface area contributed by atoms with Gasteiger partial charge in [-0.2, -0.15) is 0 Å². The number of carbonyl (C=O) groups is 1. The Morgan fingerprint density at radius 1 is 1.44 bits per heavy atom. The molecule has 0 aromatic heterocycles. The highest BCUT2D eigenvalue weighted by molar-refractivity contribution is 5.94. The molecule has 2 rings (SSSR count). The van der Waals surface area contributed by atoms with E-state index in [2.05, 4.69) is 5.32 Å². The van der Waals surface area contributed by atoms with Crippen LogP contribution < -0.4 is 5.32 Å². The van der Waals surface area contributed by atoms with Crippen molar-refractivity contribution in [1.82, 2.24) is 5.32 Å². The minimum atomic E-state index is -0.907. The van der Waals surface area contributed by atoms with E-state index in [1.54, 1.807) is 6.07 Å². The first-order chi connectivity index (χ1) is 8.50. The van der Waals surface area contributed by atoms with Gasteiger partial charge in [-0.05, 0) is 37.1 Å². The fraction of sp³-hybridized carbons (Fsp3) is 0.500. The van der Waals surface area contributed by atoms with E-state index in [0.29, 0.717) is 25.2 Å². The van der Waals surface area contributed by atoms with Crippen molar-refractivity contribution in [2.75, 3.05) is 19.8 Å². The molecule has 0 saturated carbocycles. The molecule has 0 aliphatic carbocycles. The van der Waals surface area contributed by atoms with E-state index in [9.17, 15) is 9.90 Å². The number of carbonyl (C=O) groups excluding carboxylic acids is 1. The fourth-order valence-electron chi connectivity index (χ4n) is 1.97. The molecule has 1 aromatic carbocycles. The quantitative estimate of drug-likeness (QED) is 0.846. The predicted octanol–water partition coefficient (Wildman–Crippen LogP) is 1.18. The van der Waals surface area contributed by atoms with Crippen LogP contribution in [0.5, 0.6) is 0 Å². The minimum Gasteiger partial charge on any atom is -0.386 e. The van der Waals surface area contributed by atoms with Gasteiger partial charge in [0.25, 0.3) is 5.91 Å². The average Bonchev–Trinajstić information content (AvgIpc) is 2.77. The Labute approximate surface area is 107 Å². The molecule has 1 aliphatic heterocycles. The van der Waals surface area contributed by atoms with Gasteiger partial charge in [-0.25, -0.2) is 0 Å².